The Hall–Kier alpha value is -0.410. The van der Waals surface area contributed by atoms with Crippen LogP contribution in [-0.2, 0) is 14.3 Å². The predicted molar refractivity (Wildman–Crippen MR) is 79.5 cm³/mol. The maximum Gasteiger partial charge on any atom is 0.160 e. The molecule has 0 bridgehead atoms. The highest BCUT2D eigenvalue weighted by Crippen LogP contribution is 2.01. The van der Waals surface area contributed by atoms with Crippen LogP contribution in [0.5, 0.6) is 0 Å². The van der Waals surface area contributed by atoms with Crippen molar-refractivity contribution in [3.05, 3.63) is 0 Å². The van der Waals surface area contributed by atoms with Gasteiger partial charge in [0, 0.05) is 25.7 Å². The summed E-state index contributed by atoms with van der Waals surface area (Å²) in [6.07, 6.45) is 8.29. The lowest BCUT2D eigenvalue weighted by Crippen LogP contribution is -2.15. The van der Waals surface area contributed by atoms with Crippen LogP contribution < -0.4 is 0 Å². The maximum absolute atomic E-state index is 11.3. The normalized spacial score (nSPS) is 11.2. The number of ether oxygens (including phenoxy) is 2. The van der Waals surface area contributed by atoms with E-state index in [2.05, 4.69) is 6.92 Å². The third kappa shape index (κ3) is 13.8. The van der Waals surface area contributed by atoms with Gasteiger partial charge in [-0.25, -0.2) is 0 Å². The molecule has 0 saturated heterocycles. The van der Waals surface area contributed by atoms with Gasteiger partial charge in [0.15, 0.2) is 5.78 Å². The summed E-state index contributed by atoms with van der Waals surface area (Å²) < 4.78 is 10.9. The Morgan fingerprint density at radius 2 is 1.37 bits per heavy atom. The molecule has 19 heavy (non-hydrogen) atoms. The summed E-state index contributed by atoms with van der Waals surface area (Å²) in [5, 5.41) is 0. The van der Waals surface area contributed by atoms with E-state index >= 15 is 0 Å². The summed E-state index contributed by atoms with van der Waals surface area (Å²) in [4.78, 5) is 11.3. The summed E-state index contributed by atoms with van der Waals surface area (Å²) in [7, 11) is 0. The van der Waals surface area contributed by atoms with Gasteiger partial charge in [0.1, 0.15) is 6.61 Å². The largest absolute Gasteiger partial charge is 0.381 e. The highest BCUT2D eigenvalue weighted by molar-refractivity contribution is 5.81. The van der Waals surface area contributed by atoms with Crippen molar-refractivity contribution in [1.82, 2.24) is 0 Å². The molecule has 0 radical (unpaired) electrons. The van der Waals surface area contributed by atoms with Crippen LogP contribution in [0.4, 0.5) is 0 Å². The van der Waals surface area contributed by atoms with Crippen molar-refractivity contribution < 1.29 is 14.3 Å². The van der Waals surface area contributed by atoms with E-state index in [9.17, 15) is 4.79 Å². The first-order valence-electron chi connectivity index (χ1n) is 7.86. The molecule has 0 aliphatic heterocycles. The third-order valence-electron chi connectivity index (χ3n) is 3.11. The molecule has 0 aromatic heterocycles. The fraction of sp³-hybridized carbons (Fsp3) is 0.938. The first-order chi connectivity index (χ1) is 9.18. The maximum atomic E-state index is 11.3. The molecule has 0 spiro atoms. The molecule has 0 saturated carbocycles. The number of carbonyl (C=O) groups excluding carboxylic acids is 1. The minimum Gasteiger partial charge on any atom is -0.381 e. The van der Waals surface area contributed by atoms with Crippen LogP contribution >= 0.6 is 0 Å². The van der Waals surface area contributed by atoms with E-state index in [0.717, 1.165) is 32.5 Å². The first-order valence-corrected chi connectivity index (χ1v) is 7.86. The van der Waals surface area contributed by atoms with E-state index in [4.69, 9.17) is 9.47 Å². The fourth-order valence-corrected chi connectivity index (χ4v) is 1.66. The molecule has 3 nitrogen and oxygen atoms in total. The van der Waals surface area contributed by atoms with Gasteiger partial charge < -0.3 is 9.47 Å². The van der Waals surface area contributed by atoms with Gasteiger partial charge in [-0.2, -0.15) is 0 Å². The van der Waals surface area contributed by atoms with Crippen LogP contribution in [-0.4, -0.2) is 32.2 Å². The SMILES string of the molecule is CCCCCCOCCCCCOCC(=O)C(C)C. The van der Waals surface area contributed by atoms with E-state index in [-0.39, 0.29) is 18.3 Å². The van der Waals surface area contributed by atoms with Crippen molar-refractivity contribution in [2.24, 2.45) is 5.92 Å². The third-order valence-corrected chi connectivity index (χ3v) is 3.11. The summed E-state index contributed by atoms with van der Waals surface area (Å²) >= 11 is 0. The standard InChI is InChI=1S/C16H32O3/c1-4-5-6-8-11-18-12-9-7-10-13-19-14-16(17)15(2)3/h15H,4-14H2,1-3H3. The van der Waals surface area contributed by atoms with Crippen LogP contribution in [0.2, 0.25) is 0 Å². The molecule has 0 fully saturated rings. The van der Waals surface area contributed by atoms with Crippen LogP contribution in [0, 0.1) is 5.92 Å². The molecule has 0 aromatic rings. The minimum absolute atomic E-state index is 0.0844. The quantitative estimate of drug-likeness (QED) is 0.448. The summed E-state index contributed by atoms with van der Waals surface area (Å²) in [5.41, 5.74) is 0. The monoisotopic (exact) mass is 272 g/mol. The van der Waals surface area contributed by atoms with Crippen LogP contribution in [0.1, 0.15) is 65.7 Å². The first kappa shape index (κ1) is 18.6. The minimum atomic E-state index is 0.0844. The van der Waals surface area contributed by atoms with Crippen LogP contribution in [0.15, 0.2) is 0 Å². The van der Waals surface area contributed by atoms with E-state index < -0.39 is 0 Å². The fourth-order valence-electron chi connectivity index (χ4n) is 1.66. The van der Waals surface area contributed by atoms with E-state index in [1.807, 2.05) is 13.8 Å². The zero-order valence-corrected chi connectivity index (χ0v) is 13.1. The molecule has 0 aromatic carbocycles. The van der Waals surface area contributed by atoms with E-state index in [1.165, 1.54) is 25.7 Å². The lowest BCUT2D eigenvalue weighted by Gasteiger charge is -2.06. The van der Waals surface area contributed by atoms with Crippen molar-refractivity contribution >= 4 is 5.78 Å². The number of ketones is 1. The van der Waals surface area contributed by atoms with Crippen molar-refractivity contribution in [3.63, 3.8) is 0 Å². The van der Waals surface area contributed by atoms with Crippen molar-refractivity contribution in [2.75, 3.05) is 26.4 Å². The summed E-state index contributed by atoms with van der Waals surface area (Å²) in [5.74, 6) is 0.275. The smallest absolute Gasteiger partial charge is 0.160 e. The topological polar surface area (TPSA) is 35.5 Å². The van der Waals surface area contributed by atoms with Crippen molar-refractivity contribution in [2.45, 2.75) is 65.7 Å². The average Bonchev–Trinajstić information content (AvgIpc) is 2.39. The molecule has 0 aliphatic carbocycles. The number of hydrogen-bond acceptors (Lipinski definition) is 3. The molecule has 0 aliphatic rings. The Morgan fingerprint density at radius 1 is 0.842 bits per heavy atom. The number of hydrogen-bond donors (Lipinski definition) is 0. The van der Waals surface area contributed by atoms with E-state index in [1.54, 1.807) is 0 Å². The Kier molecular flexibility index (Phi) is 13.7. The molecule has 0 unspecified atom stereocenters. The van der Waals surface area contributed by atoms with Gasteiger partial charge in [-0.15, -0.1) is 0 Å². The second kappa shape index (κ2) is 14.0. The molecule has 3 heteroatoms. The van der Waals surface area contributed by atoms with E-state index in [0.29, 0.717) is 6.61 Å². The molecular weight excluding hydrogens is 240 g/mol. The number of carbonyl (C=O) groups is 1. The molecule has 114 valence electrons. The van der Waals surface area contributed by atoms with Gasteiger partial charge in [-0.1, -0.05) is 40.0 Å². The average molecular weight is 272 g/mol. The highest BCUT2D eigenvalue weighted by Gasteiger charge is 2.06. The Morgan fingerprint density at radius 3 is 1.89 bits per heavy atom. The Balaban J connectivity index is 3.05. The lowest BCUT2D eigenvalue weighted by molar-refractivity contribution is -0.126. The van der Waals surface area contributed by atoms with Gasteiger partial charge in [-0.3, -0.25) is 4.79 Å². The summed E-state index contributed by atoms with van der Waals surface area (Å²) in [6, 6.07) is 0. The van der Waals surface area contributed by atoms with Crippen LogP contribution in [0.25, 0.3) is 0 Å². The number of unbranched alkanes of at least 4 members (excludes halogenated alkanes) is 5. The molecular formula is C16H32O3. The lowest BCUT2D eigenvalue weighted by atomic mass is 10.1. The Labute approximate surface area is 119 Å². The second-order valence-electron chi connectivity index (χ2n) is 5.41. The number of Topliss-reactive ketones (excluding diaryl/α,β-unsaturated/α-hetero) is 1. The predicted octanol–water partition coefficient (Wildman–Crippen LogP) is 4.00. The summed E-state index contributed by atoms with van der Waals surface area (Å²) in [6.45, 7) is 8.75. The number of rotatable bonds is 14. The van der Waals surface area contributed by atoms with Gasteiger partial charge in [0.2, 0.25) is 0 Å². The molecule has 0 rings (SSSR count). The van der Waals surface area contributed by atoms with Gasteiger partial charge in [0.05, 0.1) is 0 Å². The van der Waals surface area contributed by atoms with Crippen molar-refractivity contribution in [3.8, 4) is 0 Å². The molecule has 0 heterocycles. The molecule has 0 N–H and O–H groups in total. The Bertz CT molecular complexity index is 202. The molecule has 0 atom stereocenters. The zero-order valence-electron chi connectivity index (χ0n) is 13.1. The van der Waals surface area contributed by atoms with Gasteiger partial charge in [-0.05, 0) is 25.7 Å². The van der Waals surface area contributed by atoms with Crippen molar-refractivity contribution in [1.29, 1.82) is 0 Å². The second-order valence-corrected chi connectivity index (χ2v) is 5.41. The highest BCUT2D eigenvalue weighted by atomic mass is 16.5. The van der Waals surface area contributed by atoms with Gasteiger partial charge in [0.25, 0.3) is 0 Å². The van der Waals surface area contributed by atoms with Crippen LogP contribution in [0.3, 0.4) is 0 Å². The zero-order chi connectivity index (χ0) is 14.3. The molecule has 0 amide bonds. The van der Waals surface area contributed by atoms with Gasteiger partial charge >= 0.3 is 0 Å².